The summed E-state index contributed by atoms with van der Waals surface area (Å²) in [6, 6.07) is 10.7. The zero-order chi connectivity index (χ0) is 24.8. The van der Waals surface area contributed by atoms with Crippen molar-refractivity contribution in [1.82, 2.24) is 9.80 Å². The number of ether oxygens (including phenoxy) is 2. The molecule has 0 aliphatic carbocycles. The Balaban J connectivity index is 2.14. The first-order valence-electron chi connectivity index (χ1n) is 11.4. The molecule has 2 N–H and O–H groups in total. The van der Waals surface area contributed by atoms with Crippen molar-refractivity contribution in [2.75, 3.05) is 40.4 Å². The number of likely N-dealkylation sites (N-methyl/N-ethyl adjacent to an activating group) is 1. The van der Waals surface area contributed by atoms with Crippen LogP contribution in [0.1, 0.15) is 37.4 Å². The minimum atomic E-state index is -0.833. The lowest BCUT2D eigenvalue weighted by atomic mass is 9.95. The predicted molar refractivity (Wildman–Crippen MR) is 129 cm³/mol. The van der Waals surface area contributed by atoms with Crippen LogP contribution in [0.5, 0.6) is 17.2 Å². The fourth-order valence-corrected chi connectivity index (χ4v) is 3.85. The van der Waals surface area contributed by atoms with Crippen molar-refractivity contribution >= 4 is 17.4 Å². The second-order valence-corrected chi connectivity index (χ2v) is 8.33. The number of aromatic hydroxyl groups is 1. The largest absolute Gasteiger partial charge is 0.507 e. The average molecular weight is 469 g/mol. The van der Waals surface area contributed by atoms with Crippen LogP contribution in [0.3, 0.4) is 0 Å². The maximum atomic E-state index is 13.2. The summed E-state index contributed by atoms with van der Waals surface area (Å²) >= 11 is 0. The standard InChI is InChI=1S/C26H32N2O6/c1-5-14-34-19-9-7-8-18(15-19)24(30)22-23(17-10-11-20(29)21(16-17)33-6-2)28(13-12-27(3)4)26(32)25(22)31/h7-11,15-16,23,29-30H,5-6,12-14H2,1-4H3/b24-22+. The molecule has 2 aromatic carbocycles. The van der Waals surface area contributed by atoms with Crippen molar-refractivity contribution in [3.63, 3.8) is 0 Å². The van der Waals surface area contributed by atoms with Gasteiger partial charge in [-0.05, 0) is 57.3 Å². The van der Waals surface area contributed by atoms with Gasteiger partial charge in [-0.2, -0.15) is 0 Å². The van der Waals surface area contributed by atoms with Crippen LogP contribution >= 0.6 is 0 Å². The molecule has 1 amide bonds. The van der Waals surface area contributed by atoms with Crippen LogP contribution in [0.2, 0.25) is 0 Å². The van der Waals surface area contributed by atoms with Crippen LogP contribution < -0.4 is 9.47 Å². The van der Waals surface area contributed by atoms with Crippen LogP contribution in [0.4, 0.5) is 0 Å². The molecule has 1 saturated heterocycles. The number of phenolic OH excluding ortho intramolecular Hbond substituents is 1. The Labute approximate surface area is 200 Å². The second kappa shape index (κ2) is 11.1. The van der Waals surface area contributed by atoms with E-state index in [0.29, 0.717) is 36.6 Å². The molecule has 8 nitrogen and oxygen atoms in total. The van der Waals surface area contributed by atoms with Gasteiger partial charge in [-0.15, -0.1) is 0 Å². The number of hydrogen-bond donors (Lipinski definition) is 2. The molecule has 0 aromatic heterocycles. The minimum absolute atomic E-state index is 0.00969. The fraction of sp³-hybridized carbons (Fsp3) is 0.385. The Kier molecular flexibility index (Phi) is 8.17. The number of phenols is 1. The van der Waals surface area contributed by atoms with E-state index in [9.17, 15) is 19.8 Å². The van der Waals surface area contributed by atoms with Crippen molar-refractivity contribution in [3.05, 3.63) is 59.2 Å². The van der Waals surface area contributed by atoms with E-state index in [1.807, 2.05) is 25.9 Å². The number of rotatable bonds is 10. The highest BCUT2D eigenvalue weighted by atomic mass is 16.5. The van der Waals surface area contributed by atoms with E-state index in [0.717, 1.165) is 6.42 Å². The van der Waals surface area contributed by atoms with E-state index >= 15 is 0 Å². The number of aliphatic hydroxyl groups excluding tert-OH is 1. The molecule has 1 aliphatic rings. The summed E-state index contributed by atoms with van der Waals surface area (Å²) in [5.74, 6) is -0.953. The van der Waals surface area contributed by atoms with Gasteiger partial charge in [-0.3, -0.25) is 9.59 Å². The summed E-state index contributed by atoms with van der Waals surface area (Å²) in [4.78, 5) is 29.6. The first kappa shape index (κ1) is 25.1. The van der Waals surface area contributed by atoms with Crippen LogP contribution in [0.15, 0.2) is 48.0 Å². The maximum absolute atomic E-state index is 13.2. The first-order chi connectivity index (χ1) is 16.3. The molecule has 0 bridgehead atoms. The van der Waals surface area contributed by atoms with Gasteiger partial charge < -0.3 is 29.5 Å². The van der Waals surface area contributed by atoms with Crippen LogP contribution in [0, 0.1) is 0 Å². The molecule has 182 valence electrons. The summed E-state index contributed by atoms with van der Waals surface area (Å²) in [6.07, 6.45) is 0.830. The van der Waals surface area contributed by atoms with Gasteiger partial charge in [0.1, 0.15) is 11.5 Å². The highest BCUT2D eigenvalue weighted by Gasteiger charge is 2.46. The maximum Gasteiger partial charge on any atom is 0.295 e. The van der Waals surface area contributed by atoms with Crippen molar-refractivity contribution in [3.8, 4) is 17.2 Å². The smallest absolute Gasteiger partial charge is 0.295 e. The van der Waals surface area contributed by atoms with Gasteiger partial charge in [-0.25, -0.2) is 0 Å². The fourth-order valence-electron chi connectivity index (χ4n) is 3.85. The number of amides is 1. The minimum Gasteiger partial charge on any atom is -0.507 e. The van der Waals surface area contributed by atoms with Gasteiger partial charge in [0.05, 0.1) is 24.8 Å². The van der Waals surface area contributed by atoms with Gasteiger partial charge >= 0.3 is 0 Å². The Bertz CT molecular complexity index is 1080. The predicted octanol–water partition coefficient (Wildman–Crippen LogP) is 3.56. The molecule has 0 radical (unpaired) electrons. The lowest BCUT2D eigenvalue weighted by Gasteiger charge is -2.27. The lowest BCUT2D eigenvalue weighted by Crippen LogP contribution is -2.35. The zero-order valence-corrected chi connectivity index (χ0v) is 20.1. The Morgan fingerprint density at radius 1 is 1.09 bits per heavy atom. The van der Waals surface area contributed by atoms with Crippen molar-refractivity contribution in [2.45, 2.75) is 26.3 Å². The van der Waals surface area contributed by atoms with E-state index < -0.39 is 17.7 Å². The average Bonchev–Trinajstić information content (AvgIpc) is 3.07. The number of ketones is 1. The molecule has 8 heteroatoms. The molecule has 0 saturated carbocycles. The summed E-state index contributed by atoms with van der Waals surface area (Å²) in [5.41, 5.74) is 0.928. The SMILES string of the molecule is CCCOc1cccc(/C(O)=C2\C(=O)C(=O)N(CCN(C)C)C2c2ccc(O)c(OCC)c2)c1. The summed E-state index contributed by atoms with van der Waals surface area (Å²) < 4.78 is 11.2. The number of likely N-dealkylation sites (tertiary alicyclic amines) is 1. The molecule has 34 heavy (non-hydrogen) atoms. The number of hydrogen-bond acceptors (Lipinski definition) is 7. The van der Waals surface area contributed by atoms with Crippen molar-refractivity contribution < 1.29 is 29.3 Å². The molecule has 1 atom stereocenters. The number of carbonyl (C=O) groups excluding carboxylic acids is 2. The third-order valence-electron chi connectivity index (χ3n) is 5.51. The number of carbonyl (C=O) groups is 2. The molecular formula is C26H32N2O6. The number of nitrogens with zero attached hydrogens (tertiary/aromatic N) is 2. The number of aliphatic hydroxyl groups is 1. The molecule has 1 unspecified atom stereocenters. The summed E-state index contributed by atoms with van der Waals surface area (Å²) in [7, 11) is 3.75. The molecule has 1 aliphatic heterocycles. The quantitative estimate of drug-likeness (QED) is 0.312. The van der Waals surface area contributed by atoms with Crippen molar-refractivity contribution in [1.29, 1.82) is 0 Å². The van der Waals surface area contributed by atoms with Gasteiger partial charge in [0.2, 0.25) is 0 Å². The van der Waals surface area contributed by atoms with Crippen LogP contribution in [0.25, 0.3) is 5.76 Å². The summed E-state index contributed by atoms with van der Waals surface area (Å²) in [5, 5.41) is 21.4. The monoisotopic (exact) mass is 468 g/mol. The van der Waals surface area contributed by atoms with E-state index in [4.69, 9.17) is 9.47 Å². The van der Waals surface area contributed by atoms with Crippen LogP contribution in [-0.2, 0) is 9.59 Å². The number of Topliss-reactive ketones (excluding diaryl/α,β-unsaturated/α-hetero) is 1. The van der Waals surface area contributed by atoms with E-state index in [-0.39, 0.29) is 29.4 Å². The van der Waals surface area contributed by atoms with E-state index in [2.05, 4.69) is 0 Å². The third-order valence-corrected chi connectivity index (χ3v) is 5.51. The van der Waals surface area contributed by atoms with Crippen LogP contribution in [-0.4, -0.2) is 72.1 Å². The zero-order valence-electron chi connectivity index (χ0n) is 20.1. The third kappa shape index (κ3) is 5.34. The molecule has 0 spiro atoms. The van der Waals surface area contributed by atoms with Gasteiger partial charge in [0.15, 0.2) is 11.5 Å². The Morgan fingerprint density at radius 2 is 1.85 bits per heavy atom. The molecular weight excluding hydrogens is 436 g/mol. The summed E-state index contributed by atoms with van der Waals surface area (Å²) in [6.45, 7) is 5.45. The highest BCUT2D eigenvalue weighted by Crippen LogP contribution is 2.42. The molecule has 2 aromatic rings. The van der Waals surface area contributed by atoms with Gasteiger partial charge in [-0.1, -0.05) is 25.1 Å². The first-order valence-corrected chi connectivity index (χ1v) is 11.4. The lowest BCUT2D eigenvalue weighted by molar-refractivity contribution is -0.140. The Hall–Kier alpha value is -3.52. The Morgan fingerprint density at radius 3 is 2.53 bits per heavy atom. The molecule has 1 heterocycles. The molecule has 1 fully saturated rings. The van der Waals surface area contributed by atoms with Gasteiger partial charge in [0, 0.05) is 18.7 Å². The highest BCUT2D eigenvalue weighted by molar-refractivity contribution is 6.46. The topological polar surface area (TPSA) is 99.5 Å². The molecule has 3 rings (SSSR count). The number of benzene rings is 2. The second-order valence-electron chi connectivity index (χ2n) is 8.33. The van der Waals surface area contributed by atoms with E-state index in [1.165, 1.54) is 11.0 Å². The normalized spacial score (nSPS) is 17.4. The van der Waals surface area contributed by atoms with Crippen molar-refractivity contribution in [2.24, 2.45) is 0 Å². The van der Waals surface area contributed by atoms with E-state index in [1.54, 1.807) is 43.3 Å². The van der Waals surface area contributed by atoms with Gasteiger partial charge in [0.25, 0.3) is 11.7 Å².